The highest BCUT2D eigenvalue weighted by Crippen LogP contribution is 2.45. The summed E-state index contributed by atoms with van der Waals surface area (Å²) in [5.74, 6) is 0. The first kappa shape index (κ1) is 13.2. The summed E-state index contributed by atoms with van der Waals surface area (Å²) in [4.78, 5) is 10.9. The molecule has 0 spiro atoms. The lowest BCUT2D eigenvalue weighted by atomic mass is 9.83. The fraction of sp³-hybridized carbons (Fsp3) is 0.375. The first-order valence-corrected chi connectivity index (χ1v) is 7.01. The monoisotopic (exact) mass is 269 g/mol. The first-order chi connectivity index (χ1) is 9.74. The highest BCUT2D eigenvalue weighted by Gasteiger charge is 2.35. The molecule has 0 amide bonds. The number of nitrogens with zero attached hydrogens (tertiary/aromatic N) is 3. The summed E-state index contributed by atoms with van der Waals surface area (Å²) in [6.45, 7) is 3.09. The van der Waals surface area contributed by atoms with Crippen molar-refractivity contribution < 1.29 is 5.11 Å². The van der Waals surface area contributed by atoms with Gasteiger partial charge in [-0.15, -0.1) is 0 Å². The van der Waals surface area contributed by atoms with E-state index in [0.29, 0.717) is 0 Å². The van der Waals surface area contributed by atoms with Crippen LogP contribution in [-0.2, 0) is 0 Å². The van der Waals surface area contributed by atoms with Crippen molar-refractivity contribution in [3.63, 3.8) is 0 Å². The Morgan fingerprint density at radius 3 is 2.90 bits per heavy atom. The van der Waals surface area contributed by atoms with Gasteiger partial charge in [0, 0.05) is 24.2 Å². The van der Waals surface area contributed by atoms with E-state index in [9.17, 15) is 5.11 Å². The predicted molar refractivity (Wildman–Crippen MR) is 78.1 cm³/mol. The molecule has 104 valence electrons. The molecule has 0 bridgehead atoms. The summed E-state index contributed by atoms with van der Waals surface area (Å²) in [5.41, 5.74) is 3.88. The standard InChI is InChI=1S/C16H19N3O/c1-3-9-19(2)15-12-5-4-7-18-14(12)13-10-17-8-6-11(13)16(15)20/h4-8,10,15-16,20H,3,9H2,1-2H3. The van der Waals surface area contributed by atoms with E-state index in [1.165, 1.54) is 0 Å². The van der Waals surface area contributed by atoms with Gasteiger partial charge >= 0.3 is 0 Å². The van der Waals surface area contributed by atoms with Crippen LogP contribution >= 0.6 is 0 Å². The molecule has 0 saturated carbocycles. The molecule has 0 saturated heterocycles. The van der Waals surface area contributed by atoms with Crippen molar-refractivity contribution in [1.29, 1.82) is 0 Å². The molecule has 0 aliphatic heterocycles. The van der Waals surface area contributed by atoms with Gasteiger partial charge in [0.05, 0.1) is 17.8 Å². The highest BCUT2D eigenvalue weighted by molar-refractivity contribution is 5.70. The molecular formula is C16H19N3O. The Bertz CT molecular complexity index is 614. The Kier molecular flexibility index (Phi) is 3.51. The zero-order valence-electron chi connectivity index (χ0n) is 11.8. The molecule has 0 aromatic carbocycles. The van der Waals surface area contributed by atoms with E-state index in [-0.39, 0.29) is 6.04 Å². The zero-order valence-corrected chi connectivity index (χ0v) is 11.8. The van der Waals surface area contributed by atoms with E-state index in [0.717, 1.165) is 35.3 Å². The van der Waals surface area contributed by atoms with Gasteiger partial charge in [0.1, 0.15) is 0 Å². The molecule has 0 fully saturated rings. The third-order valence-corrected chi connectivity index (χ3v) is 3.94. The van der Waals surface area contributed by atoms with Gasteiger partial charge in [-0.05, 0) is 43.3 Å². The van der Waals surface area contributed by atoms with Gasteiger partial charge in [-0.25, -0.2) is 0 Å². The second-order valence-corrected chi connectivity index (χ2v) is 5.27. The number of rotatable bonds is 3. The summed E-state index contributed by atoms with van der Waals surface area (Å²) in [5, 5.41) is 10.8. The number of fused-ring (bicyclic) bond motifs is 3. The Morgan fingerprint density at radius 1 is 1.25 bits per heavy atom. The number of hydrogen-bond acceptors (Lipinski definition) is 4. The summed E-state index contributed by atoms with van der Waals surface area (Å²) in [6.07, 6.45) is 5.83. The molecule has 1 aliphatic rings. The number of aliphatic hydroxyl groups excluding tert-OH is 1. The van der Waals surface area contributed by atoms with Crippen molar-refractivity contribution in [3.8, 4) is 11.3 Å². The van der Waals surface area contributed by atoms with E-state index in [1.54, 1.807) is 18.6 Å². The van der Waals surface area contributed by atoms with Crippen LogP contribution in [0.2, 0.25) is 0 Å². The summed E-state index contributed by atoms with van der Waals surface area (Å²) in [6, 6.07) is 5.83. The normalized spacial score (nSPS) is 20.6. The van der Waals surface area contributed by atoms with E-state index in [2.05, 4.69) is 34.9 Å². The van der Waals surface area contributed by atoms with Gasteiger partial charge < -0.3 is 5.11 Å². The molecule has 4 heteroatoms. The van der Waals surface area contributed by atoms with Crippen molar-refractivity contribution in [1.82, 2.24) is 14.9 Å². The minimum Gasteiger partial charge on any atom is -0.386 e. The maximum absolute atomic E-state index is 10.8. The Morgan fingerprint density at radius 2 is 2.10 bits per heavy atom. The van der Waals surface area contributed by atoms with Crippen molar-refractivity contribution >= 4 is 0 Å². The molecule has 2 heterocycles. The second kappa shape index (κ2) is 5.31. The molecule has 0 radical (unpaired) electrons. The second-order valence-electron chi connectivity index (χ2n) is 5.27. The maximum Gasteiger partial charge on any atom is 0.0995 e. The average molecular weight is 269 g/mol. The van der Waals surface area contributed by atoms with Crippen LogP contribution < -0.4 is 0 Å². The van der Waals surface area contributed by atoms with Crippen LogP contribution in [0.5, 0.6) is 0 Å². The number of aromatic nitrogens is 2. The van der Waals surface area contributed by atoms with Gasteiger partial charge in [-0.2, -0.15) is 0 Å². The molecule has 2 aromatic rings. The topological polar surface area (TPSA) is 49.2 Å². The largest absolute Gasteiger partial charge is 0.386 e. The van der Waals surface area contributed by atoms with E-state index in [1.807, 2.05) is 12.1 Å². The van der Waals surface area contributed by atoms with Gasteiger partial charge in [0.15, 0.2) is 0 Å². The van der Waals surface area contributed by atoms with E-state index in [4.69, 9.17) is 0 Å². The number of aliphatic hydroxyl groups is 1. The van der Waals surface area contributed by atoms with Crippen LogP contribution in [0.3, 0.4) is 0 Å². The third kappa shape index (κ3) is 2.01. The van der Waals surface area contributed by atoms with Crippen molar-refractivity contribution in [2.45, 2.75) is 25.5 Å². The molecule has 20 heavy (non-hydrogen) atoms. The quantitative estimate of drug-likeness (QED) is 0.930. The minimum atomic E-state index is -0.541. The molecule has 1 aliphatic carbocycles. The number of hydrogen-bond donors (Lipinski definition) is 1. The fourth-order valence-electron chi connectivity index (χ4n) is 3.05. The molecule has 4 nitrogen and oxygen atoms in total. The maximum atomic E-state index is 10.8. The van der Waals surface area contributed by atoms with Gasteiger partial charge in [-0.1, -0.05) is 13.0 Å². The lowest BCUT2D eigenvalue weighted by Crippen LogP contribution is -2.33. The Balaban J connectivity index is 2.16. The predicted octanol–water partition coefficient (Wildman–Crippen LogP) is 2.57. The molecule has 1 N–H and O–H groups in total. The molecule has 2 unspecified atom stereocenters. The molecule has 3 rings (SSSR count). The lowest BCUT2D eigenvalue weighted by molar-refractivity contribution is 0.0601. The van der Waals surface area contributed by atoms with Crippen LogP contribution in [0.25, 0.3) is 11.3 Å². The van der Waals surface area contributed by atoms with Crippen LogP contribution in [0.1, 0.15) is 36.6 Å². The fourth-order valence-corrected chi connectivity index (χ4v) is 3.05. The summed E-state index contributed by atoms with van der Waals surface area (Å²) < 4.78 is 0. The van der Waals surface area contributed by atoms with Crippen molar-refractivity contribution in [2.75, 3.05) is 13.6 Å². The molecular weight excluding hydrogens is 250 g/mol. The Hall–Kier alpha value is -1.78. The minimum absolute atomic E-state index is 0.0476. The number of pyridine rings is 2. The first-order valence-electron chi connectivity index (χ1n) is 7.01. The van der Waals surface area contributed by atoms with E-state index < -0.39 is 6.10 Å². The van der Waals surface area contributed by atoms with Gasteiger partial charge in [0.2, 0.25) is 0 Å². The van der Waals surface area contributed by atoms with Crippen molar-refractivity contribution in [2.24, 2.45) is 0 Å². The van der Waals surface area contributed by atoms with Crippen LogP contribution in [0.15, 0.2) is 36.8 Å². The average Bonchev–Trinajstić information content (AvgIpc) is 2.48. The van der Waals surface area contributed by atoms with Gasteiger partial charge in [-0.3, -0.25) is 14.9 Å². The number of likely N-dealkylation sites (N-methyl/N-ethyl adjacent to an activating group) is 1. The van der Waals surface area contributed by atoms with E-state index >= 15 is 0 Å². The molecule has 2 atom stereocenters. The summed E-state index contributed by atoms with van der Waals surface area (Å²) >= 11 is 0. The molecule has 2 aromatic heterocycles. The van der Waals surface area contributed by atoms with Crippen LogP contribution in [0, 0.1) is 0 Å². The Labute approximate surface area is 119 Å². The van der Waals surface area contributed by atoms with Gasteiger partial charge in [0.25, 0.3) is 0 Å². The van der Waals surface area contributed by atoms with Crippen LogP contribution in [-0.4, -0.2) is 33.6 Å². The third-order valence-electron chi connectivity index (χ3n) is 3.94. The highest BCUT2D eigenvalue weighted by atomic mass is 16.3. The zero-order chi connectivity index (χ0) is 14.1. The lowest BCUT2D eigenvalue weighted by Gasteiger charge is -2.37. The SMILES string of the molecule is CCCN(C)C1c2cccnc2-c2cnccc2C1O. The smallest absolute Gasteiger partial charge is 0.0995 e. The summed E-state index contributed by atoms with van der Waals surface area (Å²) in [7, 11) is 2.06. The van der Waals surface area contributed by atoms with Crippen LogP contribution in [0.4, 0.5) is 0 Å². The van der Waals surface area contributed by atoms with Crippen molar-refractivity contribution in [3.05, 3.63) is 47.9 Å².